The van der Waals surface area contributed by atoms with E-state index in [1.807, 2.05) is 55.3 Å². The van der Waals surface area contributed by atoms with Crippen molar-refractivity contribution in [2.45, 2.75) is 13.0 Å². The SMILES string of the molecule is CC(C(=O)N1CCN(c2ccccc2)CC1)N(C)CCOc1ccccc1. The van der Waals surface area contributed by atoms with Gasteiger partial charge in [-0.25, -0.2) is 0 Å². The average Bonchev–Trinajstić information content (AvgIpc) is 2.74. The number of amides is 1. The molecule has 2 aromatic carbocycles. The summed E-state index contributed by atoms with van der Waals surface area (Å²) in [6.45, 7) is 6.56. The van der Waals surface area contributed by atoms with Crippen LogP contribution in [0.3, 0.4) is 0 Å². The lowest BCUT2D eigenvalue weighted by Crippen LogP contribution is -2.54. The summed E-state index contributed by atoms with van der Waals surface area (Å²) in [5.41, 5.74) is 1.23. The van der Waals surface area contributed by atoms with E-state index in [9.17, 15) is 4.79 Å². The Kier molecular flexibility index (Phi) is 6.71. The first-order valence-electron chi connectivity index (χ1n) is 9.62. The molecule has 1 amide bonds. The quantitative estimate of drug-likeness (QED) is 0.754. The van der Waals surface area contributed by atoms with Gasteiger partial charge in [-0.2, -0.15) is 0 Å². The van der Waals surface area contributed by atoms with Crippen molar-refractivity contribution in [3.05, 3.63) is 60.7 Å². The van der Waals surface area contributed by atoms with Gasteiger partial charge in [-0.3, -0.25) is 9.69 Å². The van der Waals surface area contributed by atoms with E-state index < -0.39 is 0 Å². The number of hydrogen-bond acceptors (Lipinski definition) is 4. The topological polar surface area (TPSA) is 36.0 Å². The maximum atomic E-state index is 12.8. The number of hydrogen-bond donors (Lipinski definition) is 0. The van der Waals surface area contributed by atoms with Gasteiger partial charge in [0.05, 0.1) is 6.04 Å². The highest BCUT2D eigenvalue weighted by atomic mass is 16.5. The van der Waals surface area contributed by atoms with Crippen LogP contribution in [0.1, 0.15) is 6.92 Å². The van der Waals surface area contributed by atoms with E-state index in [0.717, 1.165) is 31.9 Å². The summed E-state index contributed by atoms with van der Waals surface area (Å²) in [6.07, 6.45) is 0. The van der Waals surface area contributed by atoms with Crippen molar-refractivity contribution < 1.29 is 9.53 Å². The molecule has 5 heteroatoms. The van der Waals surface area contributed by atoms with Gasteiger partial charge in [0, 0.05) is 38.4 Å². The van der Waals surface area contributed by atoms with E-state index >= 15 is 0 Å². The number of piperazine rings is 1. The molecule has 0 radical (unpaired) electrons. The fourth-order valence-corrected chi connectivity index (χ4v) is 3.29. The second kappa shape index (κ2) is 9.42. The predicted octanol–water partition coefficient (Wildman–Crippen LogP) is 2.73. The highest BCUT2D eigenvalue weighted by Crippen LogP contribution is 2.16. The Balaban J connectivity index is 1.43. The molecular formula is C22H29N3O2. The molecule has 27 heavy (non-hydrogen) atoms. The molecule has 0 bridgehead atoms. The predicted molar refractivity (Wildman–Crippen MR) is 109 cm³/mol. The summed E-state index contributed by atoms with van der Waals surface area (Å²) in [7, 11) is 1.98. The van der Waals surface area contributed by atoms with Crippen LogP contribution in [0, 0.1) is 0 Å². The Morgan fingerprint density at radius 2 is 1.59 bits per heavy atom. The number of carbonyl (C=O) groups is 1. The minimum Gasteiger partial charge on any atom is -0.492 e. The maximum absolute atomic E-state index is 12.8. The van der Waals surface area contributed by atoms with E-state index in [-0.39, 0.29) is 11.9 Å². The molecule has 1 aliphatic rings. The molecule has 3 rings (SSSR count). The van der Waals surface area contributed by atoms with Crippen molar-refractivity contribution in [2.75, 3.05) is 51.3 Å². The Hall–Kier alpha value is -2.53. The summed E-state index contributed by atoms with van der Waals surface area (Å²) in [6, 6.07) is 20.0. The second-order valence-electron chi connectivity index (χ2n) is 6.97. The first-order chi connectivity index (χ1) is 13.1. The van der Waals surface area contributed by atoms with Crippen LogP contribution in [0.25, 0.3) is 0 Å². The maximum Gasteiger partial charge on any atom is 0.239 e. The van der Waals surface area contributed by atoms with Gasteiger partial charge >= 0.3 is 0 Å². The van der Waals surface area contributed by atoms with Crippen LogP contribution in [0.2, 0.25) is 0 Å². The number of rotatable bonds is 7. The third-order valence-electron chi connectivity index (χ3n) is 5.19. The highest BCUT2D eigenvalue weighted by molar-refractivity contribution is 5.81. The van der Waals surface area contributed by atoms with Crippen LogP contribution in [-0.4, -0.2) is 68.1 Å². The fourth-order valence-electron chi connectivity index (χ4n) is 3.29. The molecule has 1 saturated heterocycles. The number of carbonyl (C=O) groups excluding carboxylic acids is 1. The van der Waals surface area contributed by atoms with Gasteiger partial charge in [0.15, 0.2) is 0 Å². The van der Waals surface area contributed by atoms with Crippen molar-refractivity contribution in [1.82, 2.24) is 9.80 Å². The lowest BCUT2D eigenvalue weighted by atomic mass is 10.2. The summed E-state index contributed by atoms with van der Waals surface area (Å²) in [5, 5.41) is 0. The van der Waals surface area contributed by atoms with E-state index in [1.54, 1.807) is 0 Å². The number of benzene rings is 2. The van der Waals surface area contributed by atoms with Gasteiger partial charge in [-0.15, -0.1) is 0 Å². The van der Waals surface area contributed by atoms with Crippen LogP contribution in [0.5, 0.6) is 5.75 Å². The summed E-state index contributed by atoms with van der Waals surface area (Å²) < 4.78 is 5.74. The number of ether oxygens (including phenoxy) is 1. The summed E-state index contributed by atoms with van der Waals surface area (Å²) in [4.78, 5) is 19.2. The monoisotopic (exact) mass is 367 g/mol. The van der Waals surface area contributed by atoms with Gasteiger partial charge in [0.2, 0.25) is 5.91 Å². The first-order valence-corrected chi connectivity index (χ1v) is 9.62. The molecule has 0 spiro atoms. The van der Waals surface area contributed by atoms with Crippen LogP contribution in [0.4, 0.5) is 5.69 Å². The Morgan fingerprint density at radius 3 is 2.22 bits per heavy atom. The van der Waals surface area contributed by atoms with Gasteiger partial charge in [-0.1, -0.05) is 36.4 Å². The zero-order chi connectivity index (χ0) is 19.1. The molecule has 5 nitrogen and oxygen atoms in total. The molecule has 1 unspecified atom stereocenters. The molecule has 0 aromatic heterocycles. The van der Waals surface area contributed by atoms with Crippen LogP contribution >= 0.6 is 0 Å². The van der Waals surface area contributed by atoms with Crippen molar-refractivity contribution in [1.29, 1.82) is 0 Å². The van der Waals surface area contributed by atoms with E-state index in [4.69, 9.17) is 4.74 Å². The highest BCUT2D eigenvalue weighted by Gasteiger charge is 2.27. The zero-order valence-corrected chi connectivity index (χ0v) is 16.3. The largest absolute Gasteiger partial charge is 0.492 e. The minimum absolute atomic E-state index is 0.146. The van der Waals surface area contributed by atoms with Gasteiger partial charge in [0.1, 0.15) is 12.4 Å². The number of para-hydroxylation sites is 2. The Bertz CT molecular complexity index is 700. The van der Waals surface area contributed by atoms with Crippen LogP contribution in [0.15, 0.2) is 60.7 Å². The molecule has 144 valence electrons. The van der Waals surface area contributed by atoms with Crippen molar-refractivity contribution >= 4 is 11.6 Å². The van der Waals surface area contributed by atoms with E-state index in [0.29, 0.717) is 13.2 Å². The second-order valence-corrected chi connectivity index (χ2v) is 6.97. The summed E-state index contributed by atoms with van der Waals surface area (Å²) >= 11 is 0. The molecule has 2 aromatic rings. The van der Waals surface area contributed by atoms with Gasteiger partial charge in [-0.05, 0) is 38.2 Å². The van der Waals surface area contributed by atoms with Crippen molar-refractivity contribution in [3.63, 3.8) is 0 Å². The van der Waals surface area contributed by atoms with Crippen molar-refractivity contribution in [3.8, 4) is 5.75 Å². The Morgan fingerprint density at radius 1 is 1.00 bits per heavy atom. The summed E-state index contributed by atoms with van der Waals surface area (Å²) in [5.74, 6) is 1.06. The lowest BCUT2D eigenvalue weighted by molar-refractivity contribution is -0.136. The fraction of sp³-hybridized carbons (Fsp3) is 0.409. The normalized spacial score (nSPS) is 15.7. The van der Waals surface area contributed by atoms with Gasteiger partial charge in [0.25, 0.3) is 0 Å². The molecule has 1 fully saturated rings. The molecule has 0 saturated carbocycles. The number of nitrogens with zero attached hydrogens (tertiary/aromatic N) is 3. The van der Waals surface area contributed by atoms with E-state index in [2.05, 4.69) is 34.1 Å². The number of likely N-dealkylation sites (N-methyl/N-ethyl adjacent to an activating group) is 1. The molecule has 0 aliphatic carbocycles. The number of anilines is 1. The van der Waals surface area contributed by atoms with Crippen LogP contribution < -0.4 is 9.64 Å². The zero-order valence-electron chi connectivity index (χ0n) is 16.3. The van der Waals surface area contributed by atoms with Gasteiger partial charge < -0.3 is 14.5 Å². The van der Waals surface area contributed by atoms with Crippen molar-refractivity contribution in [2.24, 2.45) is 0 Å². The Labute approximate surface area is 162 Å². The first kappa shape index (κ1) is 19.2. The van der Waals surface area contributed by atoms with E-state index in [1.165, 1.54) is 5.69 Å². The third kappa shape index (κ3) is 5.23. The average molecular weight is 367 g/mol. The standard InChI is InChI=1S/C22H29N3O2/c1-19(23(2)17-18-27-21-11-7-4-8-12-21)22(26)25-15-13-24(14-16-25)20-9-5-3-6-10-20/h3-12,19H,13-18H2,1-2H3. The molecule has 0 N–H and O–H groups in total. The van der Waals surface area contributed by atoms with Crippen LogP contribution in [-0.2, 0) is 4.79 Å². The molecule has 1 aliphatic heterocycles. The lowest BCUT2D eigenvalue weighted by Gasteiger charge is -2.38. The minimum atomic E-state index is -0.146. The third-order valence-corrected chi connectivity index (χ3v) is 5.19. The molecule has 1 heterocycles. The smallest absolute Gasteiger partial charge is 0.239 e. The molecule has 1 atom stereocenters. The molecular weight excluding hydrogens is 338 g/mol.